The summed E-state index contributed by atoms with van der Waals surface area (Å²) in [6.07, 6.45) is 5.16. The molecule has 0 aromatic heterocycles. The maximum absolute atomic E-state index is 6.07. The molecule has 0 saturated heterocycles. The maximum atomic E-state index is 6.07. The van der Waals surface area contributed by atoms with Gasteiger partial charge >= 0.3 is 0 Å². The zero-order valence-electron chi connectivity index (χ0n) is 11.5. The molecule has 2 nitrogen and oxygen atoms in total. The summed E-state index contributed by atoms with van der Waals surface area (Å²) in [6.45, 7) is 2.15. The number of hydrogen-bond donors (Lipinski definition) is 1. The van der Waals surface area contributed by atoms with E-state index in [1.165, 1.54) is 19.3 Å². The van der Waals surface area contributed by atoms with Crippen LogP contribution in [0.25, 0.3) is 0 Å². The Hall–Kier alpha value is -0.280. The van der Waals surface area contributed by atoms with Crippen molar-refractivity contribution in [3.05, 3.63) is 33.8 Å². The molecule has 0 heterocycles. The molecule has 1 N–H and O–H groups in total. The van der Waals surface area contributed by atoms with Gasteiger partial charge in [-0.2, -0.15) is 0 Å². The van der Waals surface area contributed by atoms with Gasteiger partial charge in [-0.05, 0) is 37.5 Å². The summed E-state index contributed by atoms with van der Waals surface area (Å²) in [4.78, 5) is 0. The number of halogens is 2. The minimum atomic E-state index is 0.246. The van der Waals surface area contributed by atoms with Crippen LogP contribution in [-0.4, -0.2) is 19.3 Å². The summed E-state index contributed by atoms with van der Waals surface area (Å²) in [7, 11) is 1.80. The van der Waals surface area contributed by atoms with Crippen LogP contribution in [0.4, 0.5) is 0 Å². The maximum Gasteiger partial charge on any atom is 0.0724 e. The first kappa shape index (κ1) is 15.1. The van der Waals surface area contributed by atoms with Crippen molar-refractivity contribution in [3.63, 3.8) is 0 Å². The third-order valence-electron chi connectivity index (χ3n) is 3.91. The molecule has 1 aromatic rings. The van der Waals surface area contributed by atoms with E-state index in [0.29, 0.717) is 22.2 Å². The lowest BCUT2D eigenvalue weighted by molar-refractivity contribution is 0.0384. The number of ether oxygens (including phenoxy) is 1. The Morgan fingerprint density at radius 3 is 2.63 bits per heavy atom. The number of benzene rings is 1. The molecule has 19 heavy (non-hydrogen) atoms. The van der Waals surface area contributed by atoms with Crippen LogP contribution in [0.15, 0.2) is 18.2 Å². The van der Waals surface area contributed by atoms with Crippen molar-refractivity contribution in [2.24, 2.45) is 0 Å². The van der Waals surface area contributed by atoms with Gasteiger partial charge in [0.1, 0.15) is 0 Å². The second-order valence-corrected chi connectivity index (χ2v) is 6.04. The van der Waals surface area contributed by atoms with Crippen molar-refractivity contribution in [2.45, 2.75) is 50.8 Å². The molecule has 3 unspecified atom stereocenters. The van der Waals surface area contributed by atoms with Crippen molar-refractivity contribution >= 4 is 23.2 Å². The second-order valence-electron chi connectivity index (χ2n) is 5.23. The number of hydrogen-bond acceptors (Lipinski definition) is 2. The molecule has 3 atom stereocenters. The molecule has 1 fully saturated rings. The van der Waals surface area contributed by atoms with E-state index in [4.69, 9.17) is 27.9 Å². The molecule has 0 aliphatic heterocycles. The van der Waals surface area contributed by atoms with Gasteiger partial charge in [0.05, 0.1) is 16.1 Å². The zero-order chi connectivity index (χ0) is 13.8. The lowest BCUT2D eigenvalue weighted by Crippen LogP contribution is -2.44. The molecular formula is C15H21Cl2NO. The van der Waals surface area contributed by atoms with E-state index in [1.54, 1.807) is 7.11 Å². The molecule has 0 bridgehead atoms. The van der Waals surface area contributed by atoms with Crippen LogP contribution in [-0.2, 0) is 4.74 Å². The van der Waals surface area contributed by atoms with E-state index in [2.05, 4.69) is 12.2 Å². The molecule has 106 valence electrons. The lowest BCUT2D eigenvalue weighted by atomic mass is 9.91. The number of nitrogens with one attached hydrogen (secondary N) is 1. The Kier molecular flexibility index (Phi) is 5.52. The Morgan fingerprint density at radius 2 is 1.95 bits per heavy atom. The summed E-state index contributed by atoms with van der Waals surface area (Å²) < 4.78 is 5.57. The van der Waals surface area contributed by atoms with Gasteiger partial charge in [-0.15, -0.1) is 0 Å². The highest BCUT2D eigenvalue weighted by Crippen LogP contribution is 2.27. The third-order valence-corrected chi connectivity index (χ3v) is 4.65. The first-order chi connectivity index (χ1) is 9.11. The molecule has 1 aliphatic rings. The highest BCUT2D eigenvalue weighted by Gasteiger charge is 2.26. The van der Waals surface area contributed by atoms with Crippen LogP contribution < -0.4 is 5.32 Å². The highest BCUT2D eigenvalue weighted by atomic mass is 35.5. The van der Waals surface area contributed by atoms with Gasteiger partial charge in [0.2, 0.25) is 0 Å². The molecule has 1 saturated carbocycles. The molecule has 1 aliphatic carbocycles. The van der Waals surface area contributed by atoms with Crippen molar-refractivity contribution in [1.82, 2.24) is 5.32 Å². The number of methoxy groups -OCH3 is 1. The van der Waals surface area contributed by atoms with Gasteiger partial charge in [0.25, 0.3) is 0 Å². The first-order valence-electron chi connectivity index (χ1n) is 6.85. The van der Waals surface area contributed by atoms with E-state index in [9.17, 15) is 0 Å². The van der Waals surface area contributed by atoms with Crippen molar-refractivity contribution < 1.29 is 4.74 Å². The minimum Gasteiger partial charge on any atom is -0.380 e. The summed E-state index contributed by atoms with van der Waals surface area (Å²) in [5.41, 5.74) is 1.16. The number of rotatable bonds is 4. The topological polar surface area (TPSA) is 21.3 Å². The average Bonchev–Trinajstić information content (AvgIpc) is 2.42. The van der Waals surface area contributed by atoms with Crippen LogP contribution in [0.1, 0.15) is 44.2 Å². The molecule has 4 heteroatoms. The normalized spacial score (nSPS) is 25.3. The standard InChI is InChI=1S/C15H21Cl2NO/c1-10(11-7-8-12(16)13(17)9-11)18-14-5-3-4-6-15(14)19-2/h7-10,14-15,18H,3-6H2,1-2H3. The zero-order valence-corrected chi connectivity index (χ0v) is 13.0. The Bertz CT molecular complexity index is 425. The lowest BCUT2D eigenvalue weighted by Gasteiger charge is -2.33. The van der Waals surface area contributed by atoms with E-state index in [1.807, 2.05) is 18.2 Å². The molecule has 2 rings (SSSR count). The van der Waals surface area contributed by atoms with Crippen LogP contribution in [0.2, 0.25) is 10.0 Å². The van der Waals surface area contributed by atoms with Gasteiger partial charge in [0, 0.05) is 19.2 Å². The smallest absolute Gasteiger partial charge is 0.0724 e. The fourth-order valence-corrected chi connectivity index (χ4v) is 3.08. The molecule has 0 radical (unpaired) electrons. The fraction of sp³-hybridized carbons (Fsp3) is 0.600. The summed E-state index contributed by atoms with van der Waals surface area (Å²) in [6, 6.07) is 6.48. The van der Waals surface area contributed by atoms with Crippen LogP contribution in [0.5, 0.6) is 0 Å². The van der Waals surface area contributed by atoms with E-state index < -0.39 is 0 Å². The quantitative estimate of drug-likeness (QED) is 0.877. The van der Waals surface area contributed by atoms with Gasteiger partial charge < -0.3 is 10.1 Å². The predicted molar refractivity (Wildman–Crippen MR) is 81.1 cm³/mol. The largest absolute Gasteiger partial charge is 0.380 e. The summed E-state index contributed by atoms with van der Waals surface area (Å²) >= 11 is 12.0. The molecular weight excluding hydrogens is 281 g/mol. The molecule has 0 amide bonds. The van der Waals surface area contributed by atoms with Crippen molar-refractivity contribution in [2.75, 3.05) is 7.11 Å². The SMILES string of the molecule is COC1CCCCC1NC(C)c1ccc(Cl)c(Cl)c1. The molecule has 0 spiro atoms. The predicted octanol–water partition coefficient (Wildman–Crippen LogP) is 4.60. The Balaban J connectivity index is 2.02. The Morgan fingerprint density at radius 1 is 1.21 bits per heavy atom. The van der Waals surface area contributed by atoms with Gasteiger partial charge in [-0.25, -0.2) is 0 Å². The second kappa shape index (κ2) is 6.94. The van der Waals surface area contributed by atoms with E-state index in [0.717, 1.165) is 12.0 Å². The monoisotopic (exact) mass is 301 g/mol. The third kappa shape index (κ3) is 3.85. The summed E-state index contributed by atoms with van der Waals surface area (Å²) in [5, 5.41) is 4.87. The summed E-state index contributed by atoms with van der Waals surface area (Å²) in [5.74, 6) is 0. The van der Waals surface area contributed by atoms with Crippen LogP contribution in [0.3, 0.4) is 0 Å². The van der Waals surface area contributed by atoms with Gasteiger partial charge in [-0.1, -0.05) is 42.1 Å². The highest BCUT2D eigenvalue weighted by molar-refractivity contribution is 6.42. The van der Waals surface area contributed by atoms with E-state index >= 15 is 0 Å². The van der Waals surface area contributed by atoms with Crippen molar-refractivity contribution in [1.29, 1.82) is 0 Å². The fourth-order valence-electron chi connectivity index (χ4n) is 2.77. The van der Waals surface area contributed by atoms with Gasteiger partial charge in [0.15, 0.2) is 0 Å². The van der Waals surface area contributed by atoms with Crippen LogP contribution in [0, 0.1) is 0 Å². The van der Waals surface area contributed by atoms with Crippen molar-refractivity contribution in [3.8, 4) is 0 Å². The van der Waals surface area contributed by atoms with Crippen LogP contribution >= 0.6 is 23.2 Å². The Labute approximate surface area is 125 Å². The minimum absolute atomic E-state index is 0.246. The van der Waals surface area contributed by atoms with E-state index in [-0.39, 0.29) is 6.04 Å². The van der Waals surface area contributed by atoms with Gasteiger partial charge in [-0.3, -0.25) is 0 Å². The first-order valence-corrected chi connectivity index (χ1v) is 7.61. The molecule has 1 aromatic carbocycles. The average molecular weight is 302 g/mol.